The fourth-order valence-electron chi connectivity index (χ4n) is 4.95. The highest BCUT2D eigenvalue weighted by Gasteiger charge is 2.46. The van der Waals surface area contributed by atoms with E-state index in [4.69, 9.17) is 4.52 Å². The fourth-order valence-corrected chi connectivity index (χ4v) is 4.95. The maximum Gasteiger partial charge on any atom is 0.573 e. The first-order valence-corrected chi connectivity index (χ1v) is 11.5. The number of ether oxygens (including phenoxy) is 1. The molecule has 1 saturated heterocycles. The van der Waals surface area contributed by atoms with Crippen LogP contribution in [0.1, 0.15) is 59.4 Å². The quantitative estimate of drug-likeness (QED) is 0.339. The lowest BCUT2D eigenvalue weighted by Gasteiger charge is -2.41. The van der Waals surface area contributed by atoms with Crippen molar-refractivity contribution in [3.05, 3.63) is 81.5 Å². The second-order valence-electron chi connectivity index (χ2n) is 9.12. The van der Waals surface area contributed by atoms with Crippen LogP contribution in [0, 0.1) is 10.1 Å². The Balaban J connectivity index is 1.61. The van der Waals surface area contributed by atoms with E-state index in [0.717, 1.165) is 29.9 Å². The van der Waals surface area contributed by atoms with Gasteiger partial charge in [0.2, 0.25) is 5.89 Å². The molecule has 2 aliphatic rings. The molecular formula is C24H21F3N4O6. The number of nitro benzene ring substituents is 1. The molecule has 0 bridgehead atoms. The maximum atomic E-state index is 12.7. The fraction of sp³-hybridized carbons (Fsp3) is 0.375. The van der Waals surface area contributed by atoms with Crippen molar-refractivity contribution >= 4 is 11.8 Å². The Morgan fingerprint density at radius 1 is 1.11 bits per heavy atom. The minimum Gasteiger partial charge on any atom is -0.465 e. The van der Waals surface area contributed by atoms with Crippen molar-refractivity contribution in [2.24, 2.45) is 0 Å². The lowest BCUT2D eigenvalue weighted by Crippen LogP contribution is -2.45. The summed E-state index contributed by atoms with van der Waals surface area (Å²) in [6, 6.07) is 11.2. The molecule has 3 unspecified atom stereocenters. The molecule has 194 valence electrons. The van der Waals surface area contributed by atoms with Gasteiger partial charge in [0.05, 0.1) is 10.8 Å². The molecule has 1 N–H and O–H groups in total. The van der Waals surface area contributed by atoms with Gasteiger partial charge in [-0.2, -0.15) is 4.98 Å². The Bertz CT molecular complexity index is 1310. The summed E-state index contributed by atoms with van der Waals surface area (Å²) in [6.07, 6.45) is -4.27. The number of piperidine rings is 1. The summed E-state index contributed by atoms with van der Waals surface area (Å²) in [5.74, 6) is -1.69. The predicted octanol–water partition coefficient (Wildman–Crippen LogP) is 5.40. The SMILES string of the molecule is O=C(O)N1CC(c2ccc(OC(F)(F)F)cc2)C(c2ccccc2[N+](=O)[O-])C(c2nc(C3CC3)no2)C1. The molecule has 0 radical (unpaired) electrons. The van der Waals surface area contributed by atoms with Crippen LogP contribution in [0.25, 0.3) is 0 Å². The third-order valence-electron chi connectivity index (χ3n) is 6.72. The molecule has 1 aliphatic carbocycles. The van der Waals surface area contributed by atoms with Gasteiger partial charge >= 0.3 is 12.5 Å². The Morgan fingerprint density at radius 3 is 2.41 bits per heavy atom. The number of alkyl halides is 3. The molecule has 1 amide bonds. The van der Waals surface area contributed by atoms with Gasteiger partial charge in [0.1, 0.15) is 5.75 Å². The van der Waals surface area contributed by atoms with Gasteiger partial charge in [-0.15, -0.1) is 13.2 Å². The first kappa shape index (κ1) is 24.5. The van der Waals surface area contributed by atoms with Crippen LogP contribution in [0.5, 0.6) is 5.75 Å². The van der Waals surface area contributed by atoms with Crippen molar-refractivity contribution in [3.8, 4) is 5.75 Å². The minimum absolute atomic E-state index is 0.0500. The molecule has 2 fully saturated rings. The van der Waals surface area contributed by atoms with Gasteiger partial charge in [0, 0.05) is 42.5 Å². The molecule has 0 spiro atoms. The van der Waals surface area contributed by atoms with Crippen molar-refractivity contribution in [2.75, 3.05) is 13.1 Å². The normalized spacial score (nSPS) is 22.0. The van der Waals surface area contributed by atoms with Crippen molar-refractivity contribution in [1.82, 2.24) is 15.0 Å². The van der Waals surface area contributed by atoms with E-state index in [1.807, 2.05) is 0 Å². The number of hydrogen-bond acceptors (Lipinski definition) is 7. The molecule has 3 atom stereocenters. The Morgan fingerprint density at radius 2 is 1.78 bits per heavy atom. The number of halogens is 3. The zero-order valence-electron chi connectivity index (χ0n) is 19.2. The average Bonchev–Trinajstić information content (AvgIpc) is 3.59. The minimum atomic E-state index is -4.87. The summed E-state index contributed by atoms with van der Waals surface area (Å²) in [5, 5.41) is 25.8. The summed E-state index contributed by atoms with van der Waals surface area (Å²) >= 11 is 0. The third-order valence-corrected chi connectivity index (χ3v) is 6.72. The van der Waals surface area contributed by atoms with Gasteiger partial charge in [0.15, 0.2) is 5.82 Å². The number of carbonyl (C=O) groups is 1. The smallest absolute Gasteiger partial charge is 0.465 e. The van der Waals surface area contributed by atoms with Crippen molar-refractivity contribution < 1.29 is 37.3 Å². The maximum absolute atomic E-state index is 12.7. The number of benzene rings is 2. The number of aromatic nitrogens is 2. The molecule has 1 saturated carbocycles. The van der Waals surface area contributed by atoms with Gasteiger partial charge in [-0.25, -0.2) is 4.79 Å². The molecule has 1 aliphatic heterocycles. The molecule has 5 rings (SSSR count). The lowest BCUT2D eigenvalue weighted by atomic mass is 9.70. The number of nitro groups is 1. The van der Waals surface area contributed by atoms with E-state index in [1.54, 1.807) is 12.1 Å². The van der Waals surface area contributed by atoms with Crippen LogP contribution in [0.2, 0.25) is 0 Å². The predicted molar refractivity (Wildman–Crippen MR) is 120 cm³/mol. The van der Waals surface area contributed by atoms with Gasteiger partial charge in [-0.05, 0) is 30.5 Å². The van der Waals surface area contributed by atoms with E-state index in [-0.39, 0.29) is 30.6 Å². The number of amides is 1. The summed E-state index contributed by atoms with van der Waals surface area (Å²) < 4.78 is 47.5. The number of nitrogens with zero attached hydrogens (tertiary/aromatic N) is 4. The summed E-state index contributed by atoms with van der Waals surface area (Å²) in [5.41, 5.74) is 0.662. The number of hydrogen-bond donors (Lipinski definition) is 1. The van der Waals surface area contributed by atoms with Crippen molar-refractivity contribution in [3.63, 3.8) is 0 Å². The van der Waals surface area contributed by atoms with E-state index in [0.29, 0.717) is 17.0 Å². The Hall–Kier alpha value is -4.16. The van der Waals surface area contributed by atoms with E-state index >= 15 is 0 Å². The highest BCUT2D eigenvalue weighted by molar-refractivity contribution is 5.66. The van der Waals surface area contributed by atoms with Crippen LogP contribution in [0.15, 0.2) is 53.1 Å². The van der Waals surface area contributed by atoms with Crippen LogP contribution in [-0.4, -0.2) is 50.6 Å². The van der Waals surface area contributed by atoms with Crippen LogP contribution >= 0.6 is 0 Å². The third kappa shape index (κ3) is 5.20. The molecule has 37 heavy (non-hydrogen) atoms. The van der Waals surface area contributed by atoms with Crippen LogP contribution in [0.3, 0.4) is 0 Å². The lowest BCUT2D eigenvalue weighted by molar-refractivity contribution is -0.385. The first-order chi connectivity index (χ1) is 17.6. The van der Waals surface area contributed by atoms with E-state index in [2.05, 4.69) is 14.9 Å². The average molecular weight is 518 g/mol. The molecule has 1 aromatic heterocycles. The molecular weight excluding hydrogens is 497 g/mol. The van der Waals surface area contributed by atoms with Gasteiger partial charge in [-0.3, -0.25) is 10.1 Å². The van der Waals surface area contributed by atoms with Crippen LogP contribution < -0.4 is 4.74 Å². The first-order valence-electron chi connectivity index (χ1n) is 11.5. The van der Waals surface area contributed by atoms with E-state index < -0.39 is 40.9 Å². The van der Waals surface area contributed by atoms with E-state index in [9.17, 15) is 33.2 Å². The van der Waals surface area contributed by atoms with Crippen molar-refractivity contribution in [2.45, 2.75) is 42.9 Å². The van der Waals surface area contributed by atoms with Gasteiger partial charge in [0.25, 0.3) is 5.69 Å². The van der Waals surface area contributed by atoms with Crippen molar-refractivity contribution in [1.29, 1.82) is 0 Å². The number of rotatable bonds is 6. The zero-order chi connectivity index (χ0) is 26.3. The number of para-hydroxylation sites is 1. The van der Waals surface area contributed by atoms with Crippen LogP contribution in [0.4, 0.5) is 23.7 Å². The number of likely N-dealkylation sites (tertiary alicyclic amines) is 1. The van der Waals surface area contributed by atoms with Gasteiger partial charge in [-0.1, -0.05) is 35.5 Å². The highest BCUT2D eigenvalue weighted by atomic mass is 19.4. The van der Waals surface area contributed by atoms with E-state index in [1.165, 1.54) is 24.3 Å². The second-order valence-corrected chi connectivity index (χ2v) is 9.12. The van der Waals surface area contributed by atoms with Crippen LogP contribution in [-0.2, 0) is 0 Å². The number of carboxylic acid groups (broad SMARTS) is 1. The second kappa shape index (κ2) is 9.37. The van der Waals surface area contributed by atoms with Gasteiger partial charge < -0.3 is 19.3 Å². The summed E-state index contributed by atoms with van der Waals surface area (Å²) in [4.78, 5) is 29.1. The molecule has 13 heteroatoms. The largest absolute Gasteiger partial charge is 0.573 e. The molecule has 10 nitrogen and oxygen atoms in total. The molecule has 3 aromatic rings. The standard InChI is InChI=1S/C24H21F3N4O6/c25-24(26,27)36-15-9-7-13(8-10-15)17-11-30(23(32)33)12-18(22-28-21(29-37-22)14-5-6-14)20(17)16-3-1-2-4-19(16)31(34)35/h1-4,7-10,14,17-18,20H,5-6,11-12H2,(H,32,33). The topological polar surface area (TPSA) is 132 Å². The monoisotopic (exact) mass is 518 g/mol. The highest BCUT2D eigenvalue weighted by Crippen LogP contribution is 2.50. The Kier molecular flexibility index (Phi) is 6.21. The molecule has 2 aromatic carbocycles. The summed E-state index contributed by atoms with van der Waals surface area (Å²) in [7, 11) is 0. The summed E-state index contributed by atoms with van der Waals surface area (Å²) in [6.45, 7) is -0.101. The Labute approximate surface area is 207 Å². The molecule has 2 heterocycles. The zero-order valence-corrected chi connectivity index (χ0v) is 19.2.